The molecule has 0 heterocycles. The number of benzene rings is 1. The predicted molar refractivity (Wildman–Crippen MR) is 102 cm³/mol. The SMILES string of the molecule is CCNC(=NCCCOCC1CC1)Nc1ccc(OC)c(OCC)c1. The van der Waals surface area contributed by atoms with Gasteiger partial charge in [-0.1, -0.05) is 0 Å². The molecule has 2 N–H and O–H groups in total. The molecule has 0 spiro atoms. The molecule has 0 aromatic heterocycles. The Labute approximate surface area is 151 Å². The lowest BCUT2D eigenvalue weighted by Crippen LogP contribution is -2.30. The topological polar surface area (TPSA) is 64.1 Å². The molecular formula is C19H31N3O3. The van der Waals surface area contributed by atoms with Crippen molar-refractivity contribution in [2.45, 2.75) is 33.1 Å². The van der Waals surface area contributed by atoms with E-state index in [2.05, 4.69) is 22.5 Å². The molecule has 1 aliphatic carbocycles. The highest BCUT2D eigenvalue weighted by Crippen LogP contribution is 2.30. The Morgan fingerprint density at radius 2 is 2.08 bits per heavy atom. The summed E-state index contributed by atoms with van der Waals surface area (Å²) in [6.07, 6.45) is 3.59. The van der Waals surface area contributed by atoms with E-state index in [1.165, 1.54) is 12.8 Å². The largest absolute Gasteiger partial charge is 0.493 e. The van der Waals surface area contributed by atoms with Crippen LogP contribution in [0.2, 0.25) is 0 Å². The number of rotatable bonds is 11. The third-order valence-corrected chi connectivity index (χ3v) is 3.84. The number of hydrogen-bond acceptors (Lipinski definition) is 4. The van der Waals surface area contributed by atoms with Crippen LogP contribution in [0.5, 0.6) is 11.5 Å². The normalized spacial score (nSPS) is 14.3. The summed E-state index contributed by atoms with van der Waals surface area (Å²) in [6.45, 7) is 7.82. The van der Waals surface area contributed by atoms with Crippen LogP contribution in [0.15, 0.2) is 23.2 Å². The third-order valence-electron chi connectivity index (χ3n) is 3.84. The number of hydrogen-bond donors (Lipinski definition) is 2. The minimum atomic E-state index is 0.592. The zero-order chi connectivity index (χ0) is 17.9. The smallest absolute Gasteiger partial charge is 0.195 e. The third kappa shape index (κ3) is 7.22. The van der Waals surface area contributed by atoms with Gasteiger partial charge in [-0.3, -0.25) is 4.99 Å². The molecule has 6 heteroatoms. The molecule has 0 amide bonds. The van der Waals surface area contributed by atoms with Crippen LogP contribution in [-0.2, 0) is 4.74 Å². The van der Waals surface area contributed by atoms with Crippen molar-refractivity contribution in [2.24, 2.45) is 10.9 Å². The fourth-order valence-corrected chi connectivity index (χ4v) is 2.36. The van der Waals surface area contributed by atoms with Crippen molar-refractivity contribution in [3.63, 3.8) is 0 Å². The second-order valence-corrected chi connectivity index (χ2v) is 6.06. The molecule has 0 bridgehead atoms. The maximum absolute atomic E-state index is 5.65. The van der Waals surface area contributed by atoms with Crippen LogP contribution in [0, 0.1) is 5.92 Å². The molecule has 0 radical (unpaired) electrons. The number of aliphatic imine (C=N–C) groups is 1. The summed E-state index contributed by atoms with van der Waals surface area (Å²) in [7, 11) is 1.64. The summed E-state index contributed by atoms with van der Waals surface area (Å²) < 4.78 is 16.6. The molecule has 0 saturated heterocycles. The van der Waals surface area contributed by atoms with Gasteiger partial charge in [0.05, 0.1) is 13.7 Å². The van der Waals surface area contributed by atoms with Gasteiger partial charge in [-0.2, -0.15) is 0 Å². The lowest BCUT2D eigenvalue weighted by Gasteiger charge is -2.14. The van der Waals surface area contributed by atoms with Gasteiger partial charge in [0.25, 0.3) is 0 Å². The van der Waals surface area contributed by atoms with Crippen molar-refractivity contribution in [3.05, 3.63) is 18.2 Å². The first kappa shape index (κ1) is 19.4. The fraction of sp³-hybridized carbons (Fsp3) is 0.632. The Balaban J connectivity index is 1.85. The first-order chi connectivity index (χ1) is 12.3. The molecule has 0 unspecified atom stereocenters. The molecule has 2 rings (SSSR count). The molecule has 1 aromatic carbocycles. The van der Waals surface area contributed by atoms with E-state index in [1.54, 1.807) is 7.11 Å². The predicted octanol–water partition coefficient (Wildman–Crippen LogP) is 3.29. The average molecular weight is 349 g/mol. The zero-order valence-corrected chi connectivity index (χ0v) is 15.6. The molecule has 0 aliphatic heterocycles. The summed E-state index contributed by atoms with van der Waals surface area (Å²) in [5, 5.41) is 6.57. The van der Waals surface area contributed by atoms with Crippen LogP contribution in [-0.4, -0.2) is 46.0 Å². The molecule has 1 aliphatic rings. The van der Waals surface area contributed by atoms with Crippen LogP contribution >= 0.6 is 0 Å². The molecule has 1 aromatic rings. The monoisotopic (exact) mass is 349 g/mol. The van der Waals surface area contributed by atoms with Crippen LogP contribution in [0.4, 0.5) is 5.69 Å². The lowest BCUT2D eigenvalue weighted by molar-refractivity contribution is 0.123. The van der Waals surface area contributed by atoms with E-state index >= 15 is 0 Å². The Hall–Kier alpha value is -1.95. The van der Waals surface area contributed by atoms with Crippen molar-refractivity contribution in [3.8, 4) is 11.5 Å². The maximum atomic E-state index is 5.65. The molecule has 0 atom stereocenters. The van der Waals surface area contributed by atoms with E-state index < -0.39 is 0 Å². The molecule has 25 heavy (non-hydrogen) atoms. The number of nitrogens with zero attached hydrogens (tertiary/aromatic N) is 1. The van der Waals surface area contributed by atoms with Crippen molar-refractivity contribution in [1.29, 1.82) is 0 Å². The van der Waals surface area contributed by atoms with Crippen LogP contribution in [0.25, 0.3) is 0 Å². The van der Waals surface area contributed by atoms with Gasteiger partial charge in [0, 0.05) is 38.1 Å². The van der Waals surface area contributed by atoms with Crippen molar-refractivity contribution in [1.82, 2.24) is 5.32 Å². The fourth-order valence-electron chi connectivity index (χ4n) is 2.36. The molecule has 140 valence electrons. The van der Waals surface area contributed by atoms with E-state index in [0.717, 1.165) is 61.8 Å². The Kier molecular flexibility index (Phi) is 8.39. The number of anilines is 1. The highest BCUT2D eigenvalue weighted by Gasteiger charge is 2.20. The summed E-state index contributed by atoms with van der Waals surface area (Å²) >= 11 is 0. The molecule has 1 saturated carbocycles. The van der Waals surface area contributed by atoms with Gasteiger partial charge in [0.15, 0.2) is 17.5 Å². The Morgan fingerprint density at radius 3 is 2.76 bits per heavy atom. The van der Waals surface area contributed by atoms with Gasteiger partial charge in [0.2, 0.25) is 0 Å². The summed E-state index contributed by atoms with van der Waals surface area (Å²) in [5.41, 5.74) is 0.911. The van der Waals surface area contributed by atoms with Gasteiger partial charge >= 0.3 is 0 Å². The van der Waals surface area contributed by atoms with Gasteiger partial charge in [-0.15, -0.1) is 0 Å². The number of ether oxygens (including phenoxy) is 3. The Morgan fingerprint density at radius 1 is 1.24 bits per heavy atom. The van der Waals surface area contributed by atoms with Crippen LogP contribution in [0.3, 0.4) is 0 Å². The molecule has 6 nitrogen and oxygen atoms in total. The van der Waals surface area contributed by atoms with Crippen molar-refractivity contribution < 1.29 is 14.2 Å². The Bertz CT molecular complexity index is 545. The summed E-state index contributed by atoms with van der Waals surface area (Å²) in [4.78, 5) is 4.60. The molecule has 1 fully saturated rings. The van der Waals surface area contributed by atoms with Gasteiger partial charge in [-0.05, 0) is 51.2 Å². The van der Waals surface area contributed by atoms with Gasteiger partial charge in [-0.25, -0.2) is 0 Å². The lowest BCUT2D eigenvalue weighted by atomic mass is 10.2. The minimum absolute atomic E-state index is 0.592. The number of nitrogens with one attached hydrogen (secondary N) is 2. The van der Waals surface area contributed by atoms with E-state index in [0.29, 0.717) is 6.61 Å². The number of methoxy groups -OCH3 is 1. The molecular weight excluding hydrogens is 318 g/mol. The second-order valence-electron chi connectivity index (χ2n) is 6.06. The van der Waals surface area contributed by atoms with E-state index in [1.807, 2.05) is 25.1 Å². The summed E-state index contributed by atoms with van der Waals surface area (Å²) in [6, 6.07) is 5.77. The van der Waals surface area contributed by atoms with Crippen molar-refractivity contribution in [2.75, 3.05) is 45.3 Å². The maximum Gasteiger partial charge on any atom is 0.195 e. The van der Waals surface area contributed by atoms with Crippen LogP contribution in [0.1, 0.15) is 33.1 Å². The van der Waals surface area contributed by atoms with Gasteiger partial charge < -0.3 is 24.8 Å². The first-order valence-corrected chi connectivity index (χ1v) is 9.20. The average Bonchev–Trinajstić information content (AvgIpc) is 3.43. The second kappa shape index (κ2) is 10.8. The number of guanidine groups is 1. The quantitative estimate of drug-likeness (QED) is 0.365. The minimum Gasteiger partial charge on any atom is -0.493 e. The van der Waals surface area contributed by atoms with E-state index in [9.17, 15) is 0 Å². The highest BCUT2D eigenvalue weighted by atomic mass is 16.5. The highest BCUT2D eigenvalue weighted by molar-refractivity contribution is 5.93. The first-order valence-electron chi connectivity index (χ1n) is 9.20. The van der Waals surface area contributed by atoms with E-state index in [-0.39, 0.29) is 0 Å². The van der Waals surface area contributed by atoms with E-state index in [4.69, 9.17) is 14.2 Å². The van der Waals surface area contributed by atoms with Crippen molar-refractivity contribution >= 4 is 11.6 Å². The summed E-state index contributed by atoms with van der Waals surface area (Å²) in [5.74, 6) is 3.02. The standard InChI is InChI=1S/C19H31N3O3/c1-4-20-19(21-11-6-12-24-14-15-7-8-15)22-16-9-10-17(23-3)18(13-16)25-5-2/h9-10,13,15H,4-8,11-12,14H2,1-3H3,(H2,20,21,22). The van der Waals surface area contributed by atoms with Crippen LogP contribution < -0.4 is 20.1 Å². The van der Waals surface area contributed by atoms with Gasteiger partial charge in [0.1, 0.15) is 0 Å². The zero-order valence-electron chi connectivity index (χ0n) is 15.6.